The molecular weight excluding hydrogens is 576 g/mol. The molecule has 44 heavy (non-hydrogen) atoms. The van der Waals surface area contributed by atoms with Gasteiger partial charge in [0.25, 0.3) is 0 Å². The third-order valence-corrected chi connectivity index (χ3v) is 9.01. The number of hydrogen-bond donors (Lipinski definition) is 2. The van der Waals surface area contributed by atoms with Crippen molar-refractivity contribution in [1.29, 1.82) is 0 Å². The molecule has 1 saturated carbocycles. The zero-order valence-electron chi connectivity index (χ0n) is 26.9. The molecule has 2 aliphatic carbocycles. The Kier molecular flexibility index (Phi) is 10.7. The van der Waals surface area contributed by atoms with E-state index >= 15 is 0 Å². The first-order valence-electron chi connectivity index (χ1n) is 15.3. The summed E-state index contributed by atoms with van der Waals surface area (Å²) in [4.78, 5) is 64.7. The van der Waals surface area contributed by atoms with E-state index in [0.29, 0.717) is 12.8 Å². The highest BCUT2D eigenvalue weighted by Crippen LogP contribution is 2.57. The summed E-state index contributed by atoms with van der Waals surface area (Å²) in [7, 11) is 0. The minimum absolute atomic E-state index is 0.0239. The number of rotatable bonds is 11. The third kappa shape index (κ3) is 6.28. The summed E-state index contributed by atoms with van der Waals surface area (Å²) in [5, 5.41) is 23.8. The SMILES string of the molecule is C/C=C(/C)C(=O)O[C@H]1C(C)=C2[C@H]([C@@H]1OC(=O)CCCCC)[C@@](C)(OC(C)=O)C[C@H](OC(=O)CCC)[C@@]1(O)[C@H]2OC(=O)[C@@]1(C)O. The molecule has 0 amide bonds. The Morgan fingerprint density at radius 2 is 1.61 bits per heavy atom. The molecule has 0 aromatic carbocycles. The number of fused-ring (bicyclic) bond motifs is 3. The maximum Gasteiger partial charge on any atom is 0.341 e. The van der Waals surface area contributed by atoms with E-state index in [0.717, 1.165) is 19.8 Å². The Hall–Kier alpha value is -3.25. The highest BCUT2D eigenvalue weighted by Gasteiger charge is 2.76. The summed E-state index contributed by atoms with van der Waals surface area (Å²) in [5.41, 5.74) is -6.12. The van der Waals surface area contributed by atoms with Crippen LogP contribution in [0.15, 0.2) is 22.8 Å². The monoisotopic (exact) mass is 622 g/mol. The van der Waals surface area contributed by atoms with E-state index in [-0.39, 0.29) is 29.6 Å². The molecule has 0 aromatic heterocycles. The van der Waals surface area contributed by atoms with E-state index < -0.39 is 83.4 Å². The van der Waals surface area contributed by atoms with E-state index in [2.05, 4.69) is 0 Å². The normalized spacial score (nSPS) is 34.8. The highest BCUT2D eigenvalue weighted by atomic mass is 16.6. The molecule has 0 spiro atoms. The fourth-order valence-electron chi connectivity index (χ4n) is 6.55. The summed E-state index contributed by atoms with van der Waals surface area (Å²) in [5.74, 6) is -5.05. The lowest BCUT2D eigenvalue weighted by Crippen LogP contribution is -2.64. The lowest BCUT2D eigenvalue weighted by Gasteiger charge is -2.41. The van der Waals surface area contributed by atoms with Crippen molar-refractivity contribution in [3.8, 4) is 0 Å². The van der Waals surface area contributed by atoms with Gasteiger partial charge in [-0.2, -0.15) is 0 Å². The number of ether oxygens (including phenoxy) is 5. The summed E-state index contributed by atoms with van der Waals surface area (Å²) in [6.45, 7) is 12.3. The predicted molar refractivity (Wildman–Crippen MR) is 155 cm³/mol. The molecule has 2 fully saturated rings. The van der Waals surface area contributed by atoms with Crippen LogP contribution in [0.5, 0.6) is 0 Å². The van der Waals surface area contributed by atoms with Gasteiger partial charge in [0.1, 0.15) is 11.7 Å². The van der Waals surface area contributed by atoms with Gasteiger partial charge in [-0.25, -0.2) is 9.59 Å². The first kappa shape index (κ1) is 35.2. The average molecular weight is 623 g/mol. The van der Waals surface area contributed by atoms with Crippen molar-refractivity contribution in [2.75, 3.05) is 0 Å². The second kappa shape index (κ2) is 13.4. The second-order valence-corrected chi connectivity index (χ2v) is 12.3. The lowest BCUT2D eigenvalue weighted by molar-refractivity contribution is -0.212. The van der Waals surface area contributed by atoms with Crippen LogP contribution >= 0.6 is 0 Å². The number of allylic oxidation sites excluding steroid dienone is 1. The highest BCUT2D eigenvalue weighted by molar-refractivity contribution is 5.88. The molecule has 0 bridgehead atoms. The van der Waals surface area contributed by atoms with Crippen LogP contribution in [0.2, 0.25) is 0 Å². The lowest BCUT2D eigenvalue weighted by atomic mass is 9.75. The summed E-state index contributed by atoms with van der Waals surface area (Å²) in [6.07, 6.45) is -1.96. The van der Waals surface area contributed by atoms with Crippen molar-refractivity contribution in [2.24, 2.45) is 5.92 Å². The van der Waals surface area contributed by atoms with E-state index in [1.54, 1.807) is 33.8 Å². The average Bonchev–Trinajstić information content (AvgIpc) is 3.26. The van der Waals surface area contributed by atoms with Gasteiger partial charge < -0.3 is 33.9 Å². The Morgan fingerprint density at radius 1 is 0.977 bits per heavy atom. The number of esters is 5. The molecule has 2 N–H and O–H groups in total. The molecule has 246 valence electrons. The maximum atomic E-state index is 13.2. The van der Waals surface area contributed by atoms with Gasteiger partial charge in [0, 0.05) is 31.8 Å². The molecule has 0 unspecified atom stereocenters. The molecule has 0 radical (unpaired) electrons. The smallest absolute Gasteiger partial charge is 0.341 e. The Labute approximate surface area is 258 Å². The van der Waals surface area contributed by atoms with Crippen LogP contribution in [0.4, 0.5) is 0 Å². The van der Waals surface area contributed by atoms with E-state index in [4.69, 9.17) is 23.7 Å². The van der Waals surface area contributed by atoms with Gasteiger partial charge in [-0.3, -0.25) is 14.4 Å². The van der Waals surface area contributed by atoms with Gasteiger partial charge in [0.2, 0.25) is 0 Å². The molecule has 12 nitrogen and oxygen atoms in total. The molecule has 1 saturated heterocycles. The molecule has 1 aliphatic heterocycles. The first-order chi connectivity index (χ1) is 20.5. The fourth-order valence-corrected chi connectivity index (χ4v) is 6.55. The summed E-state index contributed by atoms with van der Waals surface area (Å²) >= 11 is 0. The molecule has 3 aliphatic rings. The van der Waals surface area contributed by atoms with E-state index in [1.165, 1.54) is 13.8 Å². The Bertz CT molecular complexity index is 1230. The molecule has 3 rings (SSSR count). The van der Waals surface area contributed by atoms with Crippen LogP contribution < -0.4 is 0 Å². The van der Waals surface area contributed by atoms with Crippen molar-refractivity contribution in [1.82, 2.24) is 0 Å². The van der Waals surface area contributed by atoms with Gasteiger partial charge >= 0.3 is 29.8 Å². The third-order valence-electron chi connectivity index (χ3n) is 9.01. The number of hydrogen-bond acceptors (Lipinski definition) is 12. The number of carbonyl (C=O) groups is 5. The van der Waals surface area contributed by atoms with Crippen molar-refractivity contribution >= 4 is 29.8 Å². The largest absolute Gasteiger partial charge is 0.459 e. The van der Waals surface area contributed by atoms with Gasteiger partial charge in [0.15, 0.2) is 29.5 Å². The molecule has 8 atom stereocenters. The maximum absolute atomic E-state index is 13.2. The van der Waals surface area contributed by atoms with Crippen LogP contribution in [0, 0.1) is 5.92 Å². The number of carbonyl (C=O) groups excluding carboxylic acids is 5. The summed E-state index contributed by atoms with van der Waals surface area (Å²) < 4.78 is 29.1. The topological polar surface area (TPSA) is 172 Å². The zero-order chi connectivity index (χ0) is 33.2. The fraction of sp³-hybridized carbons (Fsp3) is 0.719. The standard InChI is InChI=1S/C32H46O12/c1-9-12-13-15-22(35)41-26-24-23(18(5)25(26)42-28(36)17(4)11-3)27-32(39,31(8,38)29(37)43-27)20(40-21(34)14-10-2)16-30(24,7)44-19(6)33/h11,20,24-27,38-39H,9-10,12-16H2,1-8H3/b17-11-/t20-,24+,25-,26-,27-,30-,31+,32+/m0/s1. The van der Waals surface area contributed by atoms with Gasteiger partial charge in [-0.05, 0) is 58.6 Å². The van der Waals surface area contributed by atoms with E-state index in [9.17, 15) is 34.2 Å². The number of unbranched alkanes of at least 4 members (excludes halogenated alkanes) is 2. The minimum Gasteiger partial charge on any atom is -0.459 e. The van der Waals surface area contributed by atoms with Gasteiger partial charge in [-0.1, -0.05) is 32.8 Å². The molecular formula is C32H46O12. The van der Waals surface area contributed by atoms with Crippen molar-refractivity contribution in [3.05, 3.63) is 22.8 Å². The van der Waals surface area contributed by atoms with E-state index in [1.807, 2.05) is 6.92 Å². The molecule has 12 heteroatoms. The summed E-state index contributed by atoms with van der Waals surface area (Å²) in [6, 6.07) is 0. The van der Waals surface area contributed by atoms with Crippen LogP contribution in [0.3, 0.4) is 0 Å². The van der Waals surface area contributed by atoms with Gasteiger partial charge in [-0.15, -0.1) is 0 Å². The second-order valence-electron chi connectivity index (χ2n) is 12.3. The van der Waals surface area contributed by atoms with Gasteiger partial charge in [0.05, 0.1) is 5.92 Å². The van der Waals surface area contributed by atoms with Crippen LogP contribution in [0.1, 0.15) is 100 Å². The van der Waals surface area contributed by atoms with Crippen LogP contribution in [-0.2, 0) is 47.7 Å². The minimum atomic E-state index is -2.57. The van der Waals surface area contributed by atoms with Crippen molar-refractivity contribution in [2.45, 2.75) is 142 Å². The molecule has 0 aromatic rings. The Balaban J connectivity index is 2.29. The van der Waals surface area contributed by atoms with Crippen molar-refractivity contribution in [3.63, 3.8) is 0 Å². The quantitative estimate of drug-likeness (QED) is 0.114. The Morgan fingerprint density at radius 3 is 2.18 bits per heavy atom. The van der Waals surface area contributed by atoms with Crippen LogP contribution in [-0.4, -0.2) is 81.3 Å². The van der Waals surface area contributed by atoms with Crippen molar-refractivity contribution < 1.29 is 57.9 Å². The predicted octanol–water partition coefficient (Wildman–Crippen LogP) is 3.15. The van der Waals surface area contributed by atoms with Crippen LogP contribution in [0.25, 0.3) is 0 Å². The number of aliphatic hydroxyl groups is 2. The first-order valence-corrected chi connectivity index (χ1v) is 15.3. The zero-order valence-corrected chi connectivity index (χ0v) is 26.9. The molecule has 1 heterocycles.